The number of benzene rings is 2. The van der Waals surface area contributed by atoms with Crippen molar-refractivity contribution in [3.63, 3.8) is 0 Å². The third-order valence-corrected chi connectivity index (χ3v) is 3.83. The Morgan fingerprint density at radius 3 is 2.46 bits per heavy atom. The number of rotatable bonds is 5. The standard InChI is InChI=1S/C20H19FN4O/c1-13(2)14-6-8-16(9-7-14)24-19-11-18(22-12-23-19)20(26)25-17-5-3-4-15(21)10-17/h3-13H,1-2H3,(H,25,26)(H,22,23,24). The van der Waals surface area contributed by atoms with Crippen LogP contribution in [0.4, 0.5) is 21.6 Å². The molecule has 132 valence electrons. The highest BCUT2D eigenvalue weighted by Crippen LogP contribution is 2.20. The Bertz CT molecular complexity index is 910. The molecule has 0 radical (unpaired) electrons. The Kier molecular flexibility index (Phi) is 5.22. The highest BCUT2D eigenvalue weighted by molar-refractivity contribution is 6.03. The van der Waals surface area contributed by atoms with E-state index in [1.54, 1.807) is 12.1 Å². The van der Waals surface area contributed by atoms with E-state index in [0.717, 1.165) is 5.69 Å². The zero-order valence-electron chi connectivity index (χ0n) is 14.5. The number of anilines is 3. The van der Waals surface area contributed by atoms with Crippen molar-refractivity contribution in [3.8, 4) is 0 Å². The highest BCUT2D eigenvalue weighted by Gasteiger charge is 2.10. The molecule has 0 aliphatic carbocycles. The van der Waals surface area contributed by atoms with Crippen molar-refractivity contribution < 1.29 is 9.18 Å². The lowest BCUT2D eigenvalue weighted by Gasteiger charge is -2.09. The van der Waals surface area contributed by atoms with Crippen LogP contribution in [-0.4, -0.2) is 15.9 Å². The van der Waals surface area contributed by atoms with Gasteiger partial charge in [0.2, 0.25) is 0 Å². The largest absolute Gasteiger partial charge is 0.340 e. The van der Waals surface area contributed by atoms with Crippen LogP contribution < -0.4 is 10.6 Å². The molecule has 0 atom stereocenters. The third kappa shape index (κ3) is 4.42. The van der Waals surface area contributed by atoms with Gasteiger partial charge < -0.3 is 10.6 Å². The predicted molar refractivity (Wildman–Crippen MR) is 100 cm³/mol. The predicted octanol–water partition coefficient (Wildman–Crippen LogP) is 4.74. The van der Waals surface area contributed by atoms with Crippen LogP contribution in [0.25, 0.3) is 0 Å². The fourth-order valence-corrected chi connectivity index (χ4v) is 2.41. The summed E-state index contributed by atoms with van der Waals surface area (Å²) in [6.45, 7) is 4.27. The van der Waals surface area contributed by atoms with Crippen molar-refractivity contribution in [2.75, 3.05) is 10.6 Å². The molecule has 0 saturated carbocycles. The Morgan fingerprint density at radius 2 is 1.77 bits per heavy atom. The molecule has 2 N–H and O–H groups in total. The van der Waals surface area contributed by atoms with Crippen molar-refractivity contribution in [3.05, 3.63) is 78.0 Å². The minimum atomic E-state index is -0.434. The summed E-state index contributed by atoms with van der Waals surface area (Å²) in [6.07, 6.45) is 1.31. The zero-order valence-corrected chi connectivity index (χ0v) is 14.5. The molecular formula is C20H19FN4O. The summed E-state index contributed by atoms with van der Waals surface area (Å²) in [5.74, 6) is 0.108. The van der Waals surface area contributed by atoms with E-state index in [-0.39, 0.29) is 5.69 Å². The topological polar surface area (TPSA) is 66.9 Å². The molecule has 1 aromatic heterocycles. The van der Waals surface area contributed by atoms with E-state index in [1.807, 2.05) is 24.3 Å². The molecule has 1 amide bonds. The first-order chi connectivity index (χ1) is 12.5. The van der Waals surface area contributed by atoms with Gasteiger partial charge in [-0.1, -0.05) is 32.0 Å². The first-order valence-corrected chi connectivity index (χ1v) is 8.27. The summed E-state index contributed by atoms with van der Waals surface area (Å²) < 4.78 is 13.2. The summed E-state index contributed by atoms with van der Waals surface area (Å²) in [5, 5.41) is 5.76. The molecule has 3 rings (SSSR count). The van der Waals surface area contributed by atoms with Crippen LogP contribution in [0.2, 0.25) is 0 Å². The highest BCUT2D eigenvalue weighted by atomic mass is 19.1. The molecule has 1 heterocycles. The second-order valence-electron chi connectivity index (χ2n) is 6.15. The summed E-state index contributed by atoms with van der Waals surface area (Å²) in [4.78, 5) is 20.4. The summed E-state index contributed by atoms with van der Waals surface area (Å²) in [5.41, 5.74) is 2.66. The lowest BCUT2D eigenvalue weighted by Crippen LogP contribution is -2.14. The van der Waals surface area contributed by atoms with E-state index in [9.17, 15) is 9.18 Å². The van der Waals surface area contributed by atoms with Gasteiger partial charge in [0.25, 0.3) is 5.91 Å². The second-order valence-corrected chi connectivity index (χ2v) is 6.15. The van der Waals surface area contributed by atoms with E-state index < -0.39 is 11.7 Å². The van der Waals surface area contributed by atoms with Crippen molar-refractivity contribution in [1.29, 1.82) is 0 Å². The number of nitrogens with zero attached hydrogens (tertiary/aromatic N) is 2. The fraction of sp³-hybridized carbons (Fsp3) is 0.150. The van der Waals surface area contributed by atoms with Gasteiger partial charge in [0.05, 0.1) is 0 Å². The van der Waals surface area contributed by atoms with Crippen molar-refractivity contribution in [2.45, 2.75) is 19.8 Å². The molecule has 0 unspecified atom stereocenters. The number of amides is 1. The third-order valence-electron chi connectivity index (χ3n) is 3.83. The van der Waals surface area contributed by atoms with Gasteiger partial charge in [-0.2, -0.15) is 0 Å². The van der Waals surface area contributed by atoms with Gasteiger partial charge in [0.1, 0.15) is 23.7 Å². The normalized spacial score (nSPS) is 10.6. The number of carbonyl (C=O) groups excluding carboxylic acids is 1. The Balaban J connectivity index is 1.72. The lowest BCUT2D eigenvalue weighted by atomic mass is 10.0. The molecule has 5 nitrogen and oxygen atoms in total. The fourth-order valence-electron chi connectivity index (χ4n) is 2.41. The number of nitrogens with one attached hydrogen (secondary N) is 2. The Labute approximate surface area is 151 Å². The van der Waals surface area contributed by atoms with Crippen LogP contribution in [0.15, 0.2) is 60.9 Å². The molecule has 2 aromatic carbocycles. The molecule has 3 aromatic rings. The summed E-state index contributed by atoms with van der Waals surface area (Å²) >= 11 is 0. The molecule has 6 heteroatoms. The molecule has 0 saturated heterocycles. The SMILES string of the molecule is CC(C)c1ccc(Nc2cc(C(=O)Nc3cccc(F)c3)ncn2)cc1. The molecule has 26 heavy (non-hydrogen) atoms. The van der Waals surface area contributed by atoms with E-state index >= 15 is 0 Å². The number of hydrogen-bond donors (Lipinski definition) is 2. The van der Waals surface area contributed by atoms with Gasteiger partial charge in [-0.15, -0.1) is 0 Å². The monoisotopic (exact) mass is 350 g/mol. The average Bonchev–Trinajstić information content (AvgIpc) is 2.62. The molecule has 0 spiro atoms. The Morgan fingerprint density at radius 1 is 1.00 bits per heavy atom. The van der Waals surface area contributed by atoms with Crippen LogP contribution in [0.3, 0.4) is 0 Å². The maximum atomic E-state index is 13.2. The summed E-state index contributed by atoms with van der Waals surface area (Å²) in [6, 6.07) is 15.3. The summed E-state index contributed by atoms with van der Waals surface area (Å²) in [7, 11) is 0. The van der Waals surface area contributed by atoms with Gasteiger partial charge in [0, 0.05) is 17.4 Å². The van der Waals surface area contributed by atoms with Crippen LogP contribution in [0.5, 0.6) is 0 Å². The average molecular weight is 350 g/mol. The number of hydrogen-bond acceptors (Lipinski definition) is 4. The molecule has 0 fully saturated rings. The number of carbonyl (C=O) groups is 1. The minimum absolute atomic E-state index is 0.186. The van der Waals surface area contributed by atoms with Gasteiger partial charge in [0.15, 0.2) is 0 Å². The van der Waals surface area contributed by atoms with Crippen molar-refractivity contribution in [1.82, 2.24) is 9.97 Å². The molecule has 0 aliphatic heterocycles. The van der Waals surface area contributed by atoms with Crippen molar-refractivity contribution in [2.24, 2.45) is 0 Å². The second kappa shape index (κ2) is 7.74. The molecular weight excluding hydrogens is 331 g/mol. The van der Waals surface area contributed by atoms with Gasteiger partial charge >= 0.3 is 0 Å². The van der Waals surface area contributed by atoms with Gasteiger partial charge in [-0.05, 0) is 41.8 Å². The first kappa shape index (κ1) is 17.5. The maximum Gasteiger partial charge on any atom is 0.274 e. The van der Waals surface area contributed by atoms with Crippen LogP contribution >= 0.6 is 0 Å². The van der Waals surface area contributed by atoms with Gasteiger partial charge in [-0.3, -0.25) is 4.79 Å². The number of aromatic nitrogens is 2. The first-order valence-electron chi connectivity index (χ1n) is 8.27. The van der Waals surface area contributed by atoms with E-state index in [0.29, 0.717) is 17.4 Å². The quantitative estimate of drug-likeness (QED) is 0.698. The smallest absolute Gasteiger partial charge is 0.274 e. The van der Waals surface area contributed by atoms with Crippen LogP contribution in [0, 0.1) is 5.82 Å². The Hall–Kier alpha value is -3.28. The van der Waals surface area contributed by atoms with Crippen molar-refractivity contribution >= 4 is 23.1 Å². The zero-order chi connectivity index (χ0) is 18.5. The van der Waals surface area contributed by atoms with Gasteiger partial charge in [-0.25, -0.2) is 14.4 Å². The van der Waals surface area contributed by atoms with E-state index in [4.69, 9.17) is 0 Å². The van der Waals surface area contributed by atoms with E-state index in [2.05, 4.69) is 34.4 Å². The molecule has 0 aliphatic rings. The number of halogens is 1. The lowest BCUT2D eigenvalue weighted by molar-refractivity contribution is 0.102. The minimum Gasteiger partial charge on any atom is -0.340 e. The van der Waals surface area contributed by atoms with E-state index in [1.165, 1.54) is 30.1 Å². The maximum absolute atomic E-state index is 13.2. The molecule has 0 bridgehead atoms. The van der Waals surface area contributed by atoms with Crippen LogP contribution in [-0.2, 0) is 0 Å². The van der Waals surface area contributed by atoms with Crippen LogP contribution in [0.1, 0.15) is 35.8 Å².